The summed E-state index contributed by atoms with van der Waals surface area (Å²) in [4.78, 5) is 10.6. The highest BCUT2D eigenvalue weighted by Crippen LogP contribution is 2.23. The molecule has 2 nitrogen and oxygen atoms in total. The number of carbonyl (C=O) groups is 1. The van der Waals surface area contributed by atoms with Crippen molar-refractivity contribution in [1.82, 2.24) is 0 Å². The first-order chi connectivity index (χ1) is 4.33. The molecule has 0 spiro atoms. The van der Waals surface area contributed by atoms with Crippen molar-refractivity contribution < 1.29 is 4.79 Å². The fourth-order valence-electron chi connectivity index (χ4n) is 1.19. The van der Waals surface area contributed by atoms with Crippen LogP contribution in [0.3, 0.4) is 0 Å². The predicted molar refractivity (Wildman–Crippen MR) is 32.6 cm³/mol. The molecule has 9 heavy (non-hydrogen) atoms. The summed E-state index contributed by atoms with van der Waals surface area (Å²) >= 11 is 0. The molecule has 1 unspecified atom stereocenters. The first-order valence-corrected chi connectivity index (χ1v) is 3.21. The largest absolute Gasteiger partial charge is 0.300 e. The summed E-state index contributed by atoms with van der Waals surface area (Å²) in [6.45, 7) is 0. The molecule has 0 aliphatic heterocycles. The van der Waals surface area contributed by atoms with E-state index in [0.717, 1.165) is 6.42 Å². The Morgan fingerprint density at radius 2 is 2.56 bits per heavy atom. The minimum Gasteiger partial charge on any atom is -0.300 e. The Morgan fingerprint density at radius 3 is 3.00 bits per heavy atom. The SMILES string of the molecule is N#CCC1CCC(=O)C1. The van der Waals surface area contributed by atoms with Gasteiger partial charge in [-0.3, -0.25) is 4.79 Å². The van der Waals surface area contributed by atoms with Crippen LogP contribution in [0.4, 0.5) is 0 Å². The standard InChI is InChI=1S/C7H9NO/c8-4-3-6-1-2-7(9)5-6/h6H,1-3,5H2. The van der Waals surface area contributed by atoms with Crippen LogP contribution in [-0.2, 0) is 4.79 Å². The molecule has 0 aromatic heterocycles. The van der Waals surface area contributed by atoms with Crippen molar-refractivity contribution in [1.29, 1.82) is 5.26 Å². The molecule has 0 radical (unpaired) electrons. The second-order valence-electron chi connectivity index (χ2n) is 2.51. The maximum Gasteiger partial charge on any atom is 0.133 e. The van der Waals surface area contributed by atoms with Gasteiger partial charge < -0.3 is 0 Å². The Bertz CT molecular complexity index is 157. The molecular weight excluding hydrogens is 114 g/mol. The van der Waals surface area contributed by atoms with Gasteiger partial charge in [-0.2, -0.15) is 5.26 Å². The maximum atomic E-state index is 10.6. The van der Waals surface area contributed by atoms with E-state index < -0.39 is 0 Å². The molecule has 1 saturated carbocycles. The van der Waals surface area contributed by atoms with Crippen LogP contribution in [0.5, 0.6) is 0 Å². The van der Waals surface area contributed by atoms with Crippen molar-refractivity contribution in [2.45, 2.75) is 25.7 Å². The molecule has 0 aromatic rings. The molecule has 2 heteroatoms. The van der Waals surface area contributed by atoms with Crippen LogP contribution in [0.15, 0.2) is 0 Å². The molecule has 48 valence electrons. The second kappa shape index (κ2) is 2.63. The molecule has 1 fully saturated rings. The van der Waals surface area contributed by atoms with Crippen molar-refractivity contribution in [2.24, 2.45) is 5.92 Å². The van der Waals surface area contributed by atoms with Gasteiger partial charge in [-0.25, -0.2) is 0 Å². The third-order valence-electron chi connectivity index (χ3n) is 1.73. The first kappa shape index (κ1) is 6.28. The van der Waals surface area contributed by atoms with Crippen LogP contribution in [0.2, 0.25) is 0 Å². The van der Waals surface area contributed by atoms with Crippen LogP contribution in [-0.4, -0.2) is 5.78 Å². The Labute approximate surface area is 54.5 Å². The Kier molecular flexibility index (Phi) is 1.84. The number of ketones is 1. The normalized spacial score (nSPS) is 26.1. The van der Waals surface area contributed by atoms with Gasteiger partial charge in [-0.15, -0.1) is 0 Å². The van der Waals surface area contributed by atoms with Gasteiger partial charge in [-0.05, 0) is 12.3 Å². The monoisotopic (exact) mass is 123 g/mol. The third-order valence-corrected chi connectivity index (χ3v) is 1.73. The molecule has 0 saturated heterocycles. The summed E-state index contributed by atoms with van der Waals surface area (Å²) in [5.41, 5.74) is 0. The summed E-state index contributed by atoms with van der Waals surface area (Å²) in [5, 5.41) is 8.25. The highest BCUT2D eigenvalue weighted by molar-refractivity contribution is 5.80. The number of carbonyl (C=O) groups excluding carboxylic acids is 1. The lowest BCUT2D eigenvalue weighted by Gasteiger charge is -1.96. The van der Waals surface area contributed by atoms with Gasteiger partial charge in [0.2, 0.25) is 0 Å². The maximum absolute atomic E-state index is 10.6. The summed E-state index contributed by atoms with van der Waals surface area (Å²) in [6.07, 6.45) is 2.85. The van der Waals surface area contributed by atoms with Gasteiger partial charge in [0, 0.05) is 19.3 Å². The van der Waals surface area contributed by atoms with Crippen LogP contribution < -0.4 is 0 Å². The minimum atomic E-state index is 0.329. The van der Waals surface area contributed by atoms with E-state index in [2.05, 4.69) is 6.07 Å². The Balaban J connectivity index is 2.32. The van der Waals surface area contributed by atoms with Crippen LogP contribution in [0, 0.1) is 17.2 Å². The van der Waals surface area contributed by atoms with Crippen molar-refractivity contribution in [2.75, 3.05) is 0 Å². The highest BCUT2D eigenvalue weighted by Gasteiger charge is 2.20. The van der Waals surface area contributed by atoms with Crippen LogP contribution >= 0.6 is 0 Å². The smallest absolute Gasteiger partial charge is 0.133 e. The van der Waals surface area contributed by atoms with E-state index in [1.165, 1.54) is 0 Å². The summed E-state index contributed by atoms with van der Waals surface area (Å²) < 4.78 is 0. The number of hydrogen-bond acceptors (Lipinski definition) is 2. The van der Waals surface area contributed by atoms with Gasteiger partial charge in [0.25, 0.3) is 0 Å². The summed E-state index contributed by atoms with van der Waals surface area (Å²) in [7, 11) is 0. The van der Waals surface area contributed by atoms with Crippen LogP contribution in [0.1, 0.15) is 25.7 Å². The van der Waals surface area contributed by atoms with Crippen molar-refractivity contribution in [3.8, 4) is 6.07 Å². The van der Waals surface area contributed by atoms with Gasteiger partial charge in [-0.1, -0.05) is 0 Å². The zero-order chi connectivity index (χ0) is 6.69. The minimum absolute atomic E-state index is 0.329. The van der Waals surface area contributed by atoms with Crippen molar-refractivity contribution in [3.05, 3.63) is 0 Å². The predicted octanol–water partition coefficient (Wildman–Crippen LogP) is 1.27. The average Bonchev–Trinajstić information content (AvgIpc) is 2.17. The van der Waals surface area contributed by atoms with E-state index in [9.17, 15) is 4.79 Å². The average molecular weight is 123 g/mol. The van der Waals surface area contributed by atoms with E-state index in [-0.39, 0.29) is 0 Å². The van der Waals surface area contributed by atoms with E-state index in [1.54, 1.807) is 0 Å². The van der Waals surface area contributed by atoms with Gasteiger partial charge in [0.1, 0.15) is 5.78 Å². The fourth-order valence-corrected chi connectivity index (χ4v) is 1.19. The molecular formula is C7H9NO. The molecule has 0 heterocycles. The zero-order valence-corrected chi connectivity index (χ0v) is 5.26. The molecule has 0 bridgehead atoms. The number of Topliss-reactive ketones (excluding diaryl/α,β-unsaturated/α-hetero) is 1. The Hall–Kier alpha value is -0.840. The van der Waals surface area contributed by atoms with Crippen LogP contribution in [0.25, 0.3) is 0 Å². The quantitative estimate of drug-likeness (QED) is 0.526. The Morgan fingerprint density at radius 1 is 1.78 bits per heavy atom. The van der Waals surface area contributed by atoms with E-state index >= 15 is 0 Å². The van der Waals surface area contributed by atoms with E-state index in [4.69, 9.17) is 5.26 Å². The van der Waals surface area contributed by atoms with Crippen molar-refractivity contribution >= 4 is 5.78 Å². The molecule has 1 aliphatic rings. The first-order valence-electron chi connectivity index (χ1n) is 3.21. The lowest BCUT2D eigenvalue weighted by Crippen LogP contribution is -1.92. The second-order valence-corrected chi connectivity index (χ2v) is 2.51. The lowest BCUT2D eigenvalue weighted by molar-refractivity contribution is -0.117. The summed E-state index contributed by atoms with van der Waals surface area (Å²) in [5.74, 6) is 0.706. The molecule has 0 N–H and O–H groups in total. The van der Waals surface area contributed by atoms with Gasteiger partial charge in [0.15, 0.2) is 0 Å². The zero-order valence-electron chi connectivity index (χ0n) is 5.26. The number of rotatable bonds is 1. The van der Waals surface area contributed by atoms with Crippen molar-refractivity contribution in [3.63, 3.8) is 0 Å². The molecule has 1 atom stereocenters. The fraction of sp³-hybridized carbons (Fsp3) is 0.714. The lowest BCUT2D eigenvalue weighted by atomic mass is 10.1. The number of hydrogen-bond donors (Lipinski definition) is 0. The molecule has 0 aromatic carbocycles. The molecule has 0 amide bonds. The highest BCUT2D eigenvalue weighted by atomic mass is 16.1. The summed E-state index contributed by atoms with van der Waals surface area (Å²) in [6, 6.07) is 2.08. The topological polar surface area (TPSA) is 40.9 Å². The number of nitrogens with zero attached hydrogens (tertiary/aromatic N) is 1. The molecule has 1 aliphatic carbocycles. The third kappa shape index (κ3) is 1.53. The van der Waals surface area contributed by atoms with Gasteiger partial charge in [0.05, 0.1) is 6.07 Å². The van der Waals surface area contributed by atoms with E-state index in [1.807, 2.05) is 0 Å². The number of nitriles is 1. The molecule has 1 rings (SSSR count). The van der Waals surface area contributed by atoms with E-state index in [0.29, 0.717) is 31.0 Å². The van der Waals surface area contributed by atoms with Gasteiger partial charge >= 0.3 is 0 Å².